The monoisotopic (exact) mass is 280 g/mol. The number of hydrogen-bond acceptors (Lipinski definition) is 5. The van der Waals surface area contributed by atoms with Crippen LogP contribution in [0.25, 0.3) is 10.4 Å². The zero-order valence-corrected chi connectivity index (χ0v) is 10.3. The van der Waals surface area contributed by atoms with Gasteiger partial charge in [-0.2, -0.15) is 0 Å². The summed E-state index contributed by atoms with van der Waals surface area (Å²) < 4.78 is 6.80. The van der Waals surface area contributed by atoms with Crippen LogP contribution in [0.4, 0.5) is 0 Å². The maximum Gasteiger partial charge on any atom is 0.330 e. The van der Waals surface area contributed by atoms with Crippen LogP contribution in [0.3, 0.4) is 0 Å². The fraction of sp³-hybridized carbons (Fsp3) is 0.500. The van der Waals surface area contributed by atoms with Crippen LogP contribution in [0.15, 0.2) is 27.0 Å². The van der Waals surface area contributed by atoms with Gasteiger partial charge in [-0.1, -0.05) is 5.11 Å². The third-order valence-corrected chi connectivity index (χ3v) is 2.97. The van der Waals surface area contributed by atoms with Crippen molar-refractivity contribution in [3.8, 4) is 0 Å². The minimum Gasteiger partial charge on any atom is -0.356 e. The fourth-order valence-corrected chi connectivity index (χ4v) is 2.08. The number of aromatic nitrogens is 2. The minimum atomic E-state index is -0.659. The van der Waals surface area contributed by atoms with Gasteiger partial charge in [0, 0.05) is 30.1 Å². The molecule has 1 aliphatic rings. The van der Waals surface area contributed by atoms with E-state index in [1.165, 1.54) is 16.8 Å². The summed E-state index contributed by atoms with van der Waals surface area (Å²) in [7, 11) is 0. The predicted octanol–water partition coefficient (Wildman–Crippen LogP) is -0.751. The zero-order chi connectivity index (χ0) is 14.5. The average molecular weight is 280 g/mol. The van der Waals surface area contributed by atoms with Crippen LogP contribution in [-0.2, 0) is 9.53 Å². The molecule has 20 heavy (non-hydrogen) atoms. The second kappa shape index (κ2) is 6.04. The molecule has 1 aromatic heterocycles. The highest BCUT2D eigenvalue weighted by atomic mass is 16.5. The Morgan fingerprint density at radius 3 is 3.10 bits per heavy atom. The molecule has 106 valence electrons. The van der Waals surface area contributed by atoms with Crippen LogP contribution < -0.4 is 16.6 Å². The molecule has 0 bridgehead atoms. The van der Waals surface area contributed by atoms with E-state index in [0.29, 0.717) is 6.41 Å². The van der Waals surface area contributed by atoms with E-state index in [9.17, 15) is 14.4 Å². The van der Waals surface area contributed by atoms with Crippen molar-refractivity contribution in [2.75, 3.05) is 6.54 Å². The molecular formula is C10H12N6O4. The number of carbonyl (C=O) groups excluding carboxylic acids is 1. The maximum absolute atomic E-state index is 11.7. The van der Waals surface area contributed by atoms with Crippen molar-refractivity contribution < 1.29 is 9.53 Å². The van der Waals surface area contributed by atoms with Crippen LogP contribution in [0.5, 0.6) is 0 Å². The van der Waals surface area contributed by atoms with Gasteiger partial charge in [0.2, 0.25) is 6.41 Å². The Labute approximate surface area is 112 Å². The van der Waals surface area contributed by atoms with Crippen LogP contribution in [0.1, 0.15) is 12.6 Å². The number of nitrogens with one attached hydrogen (secondary N) is 2. The second-order valence-electron chi connectivity index (χ2n) is 4.18. The third kappa shape index (κ3) is 2.87. The molecule has 1 amide bonds. The van der Waals surface area contributed by atoms with Gasteiger partial charge >= 0.3 is 5.69 Å². The van der Waals surface area contributed by atoms with Crippen LogP contribution in [0.2, 0.25) is 0 Å². The molecule has 10 nitrogen and oxygen atoms in total. The first kappa shape index (κ1) is 13.8. The third-order valence-electron chi connectivity index (χ3n) is 2.97. The van der Waals surface area contributed by atoms with E-state index < -0.39 is 29.6 Å². The summed E-state index contributed by atoms with van der Waals surface area (Å²) in [6.07, 6.45) is 0.916. The van der Waals surface area contributed by atoms with Crippen molar-refractivity contribution in [1.82, 2.24) is 14.9 Å². The Morgan fingerprint density at radius 1 is 1.65 bits per heavy atom. The number of amides is 1. The summed E-state index contributed by atoms with van der Waals surface area (Å²) in [5, 5.41) is 6.03. The Balaban J connectivity index is 2.22. The first-order chi connectivity index (χ1) is 9.65. The molecule has 1 unspecified atom stereocenters. The molecule has 10 heteroatoms. The normalized spacial score (nSPS) is 24.9. The lowest BCUT2D eigenvalue weighted by Gasteiger charge is -2.15. The molecule has 1 aliphatic heterocycles. The lowest BCUT2D eigenvalue weighted by Crippen LogP contribution is -2.33. The SMILES string of the molecule is [N-]=[N+]=NC1C[C@H](n2ccc(=O)[nH]c2=O)O[C@@H]1CNC=O. The van der Waals surface area contributed by atoms with Gasteiger partial charge in [0.1, 0.15) is 6.23 Å². The van der Waals surface area contributed by atoms with Gasteiger partial charge in [0.05, 0.1) is 12.1 Å². The quantitative estimate of drug-likeness (QED) is 0.316. The van der Waals surface area contributed by atoms with E-state index in [4.69, 9.17) is 10.3 Å². The summed E-state index contributed by atoms with van der Waals surface area (Å²) >= 11 is 0. The van der Waals surface area contributed by atoms with Crippen molar-refractivity contribution in [2.45, 2.75) is 24.8 Å². The molecule has 3 atom stereocenters. The van der Waals surface area contributed by atoms with E-state index >= 15 is 0 Å². The predicted molar refractivity (Wildman–Crippen MR) is 66.9 cm³/mol. The topological polar surface area (TPSA) is 142 Å². The molecule has 0 radical (unpaired) electrons. The van der Waals surface area contributed by atoms with Crippen molar-refractivity contribution in [2.24, 2.45) is 5.11 Å². The molecule has 1 saturated heterocycles. The summed E-state index contributed by atoms with van der Waals surface area (Å²) in [6, 6.07) is 0.695. The van der Waals surface area contributed by atoms with E-state index in [2.05, 4.69) is 20.3 Å². The molecule has 1 aromatic rings. The average Bonchev–Trinajstić information content (AvgIpc) is 2.80. The number of ether oxygens (including phenoxy) is 1. The number of carbonyl (C=O) groups is 1. The number of nitrogens with zero attached hydrogens (tertiary/aromatic N) is 4. The molecule has 2 N–H and O–H groups in total. The first-order valence-electron chi connectivity index (χ1n) is 5.84. The zero-order valence-electron chi connectivity index (χ0n) is 10.3. The van der Waals surface area contributed by atoms with Crippen molar-refractivity contribution in [1.29, 1.82) is 0 Å². The second-order valence-corrected chi connectivity index (χ2v) is 4.18. The lowest BCUT2D eigenvalue weighted by atomic mass is 10.1. The summed E-state index contributed by atoms with van der Waals surface area (Å²) in [6.45, 7) is 0.168. The minimum absolute atomic E-state index is 0.168. The Kier molecular flexibility index (Phi) is 4.18. The molecule has 0 aliphatic carbocycles. The van der Waals surface area contributed by atoms with E-state index in [1.807, 2.05) is 0 Å². The molecule has 0 saturated carbocycles. The van der Waals surface area contributed by atoms with Gasteiger partial charge in [-0.25, -0.2) is 4.79 Å². The van der Waals surface area contributed by atoms with E-state index in [-0.39, 0.29) is 13.0 Å². The van der Waals surface area contributed by atoms with Gasteiger partial charge in [-0.05, 0) is 5.53 Å². The summed E-state index contributed by atoms with van der Waals surface area (Å²) in [5.74, 6) is 0. The number of aromatic amines is 1. The lowest BCUT2D eigenvalue weighted by molar-refractivity contribution is -0.110. The number of azide groups is 1. The van der Waals surface area contributed by atoms with E-state index in [1.54, 1.807) is 0 Å². The Morgan fingerprint density at radius 2 is 2.45 bits per heavy atom. The van der Waals surface area contributed by atoms with Gasteiger partial charge in [0.15, 0.2) is 0 Å². The first-order valence-corrected chi connectivity index (χ1v) is 5.84. The smallest absolute Gasteiger partial charge is 0.330 e. The highest BCUT2D eigenvalue weighted by molar-refractivity contribution is 5.45. The maximum atomic E-state index is 11.7. The number of rotatable bonds is 5. The summed E-state index contributed by atoms with van der Waals surface area (Å²) in [4.78, 5) is 37.8. The molecule has 0 aromatic carbocycles. The molecular weight excluding hydrogens is 268 g/mol. The van der Waals surface area contributed by atoms with Crippen molar-refractivity contribution in [3.05, 3.63) is 43.5 Å². The van der Waals surface area contributed by atoms with Gasteiger partial charge in [-0.3, -0.25) is 19.1 Å². The van der Waals surface area contributed by atoms with E-state index in [0.717, 1.165) is 0 Å². The van der Waals surface area contributed by atoms with Gasteiger partial charge in [0.25, 0.3) is 5.56 Å². The Bertz CT molecular complexity index is 646. The number of H-pyrrole nitrogens is 1. The molecule has 1 fully saturated rings. The Hall–Kier alpha value is -2.58. The summed E-state index contributed by atoms with van der Waals surface area (Å²) in [5.41, 5.74) is 7.40. The standard InChI is InChI=1S/C10H12N6O4/c11-15-14-6-3-9(20-7(6)4-12-5-17)16-2-1-8(18)13-10(16)19/h1-2,5-7,9H,3-4H2,(H,12,17)(H,13,18,19)/t6?,7-,9-/m1/s1. The molecule has 0 spiro atoms. The highest BCUT2D eigenvalue weighted by Gasteiger charge is 2.35. The highest BCUT2D eigenvalue weighted by Crippen LogP contribution is 2.29. The van der Waals surface area contributed by atoms with Gasteiger partial charge in [-0.15, -0.1) is 0 Å². The van der Waals surface area contributed by atoms with Crippen LogP contribution in [0, 0.1) is 0 Å². The number of hydrogen-bond donors (Lipinski definition) is 2. The van der Waals surface area contributed by atoms with Crippen LogP contribution >= 0.6 is 0 Å². The molecule has 2 rings (SSSR count). The van der Waals surface area contributed by atoms with Crippen molar-refractivity contribution in [3.63, 3.8) is 0 Å². The van der Waals surface area contributed by atoms with Gasteiger partial charge < -0.3 is 10.1 Å². The fourth-order valence-electron chi connectivity index (χ4n) is 2.08. The molecule has 2 heterocycles. The largest absolute Gasteiger partial charge is 0.356 e. The van der Waals surface area contributed by atoms with Crippen molar-refractivity contribution >= 4 is 6.41 Å². The van der Waals surface area contributed by atoms with Crippen LogP contribution in [-0.4, -0.2) is 34.7 Å².